The molecule has 0 amide bonds. The van der Waals surface area contributed by atoms with Crippen molar-refractivity contribution in [3.63, 3.8) is 0 Å². The Labute approximate surface area is 241 Å². The lowest BCUT2D eigenvalue weighted by Crippen LogP contribution is -2.03. The zero-order chi connectivity index (χ0) is 30.5. The number of halogens is 1. The van der Waals surface area contributed by atoms with Crippen LogP contribution in [0.2, 0.25) is 0 Å². The van der Waals surface area contributed by atoms with Gasteiger partial charge in [0.2, 0.25) is 0 Å². The topological polar surface area (TPSA) is 131 Å². The summed E-state index contributed by atoms with van der Waals surface area (Å²) in [7, 11) is 0. The number of fused-ring (bicyclic) bond motifs is 1. The molecule has 0 spiro atoms. The molecule has 214 valence electrons. The fourth-order valence-electron chi connectivity index (χ4n) is 5.48. The molecule has 7 nitrogen and oxygen atoms in total. The third kappa shape index (κ3) is 4.85. The molecular weight excluding hydrogens is 537 g/mol. The lowest BCUT2D eigenvalue weighted by molar-refractivity contribution is 0.100. The van der Waals surface area contributed by atoms with E-state index >= 15 is 0 Å². The number of phenolic OH excluding ortho intramolecular Hbond substituents is 4. The monoisotopic (exact) mass is 567 g/mol. The predicted octanol–water partition coefficient (Wildman–Crippen LogP) is 7.00. The van der Waals surface area contributed by atoms with E-state index in [9.17, 15) is 34.4 Å². The Kier molecular flexibility index (Phi) is 7.24. The average molecular weight is 568 g/mol. The highest BCUT2D eigenvalue weighted by Gasteiger charge is 2.25. The summed E-state index contributed by atoms with van der Waals surface area (Å²) in [4.78, 5) is 27.8. The van der Waals surface area contributed by atoms with Gasteiger partial charge >= 0.3 is 0 Å². The van der Waals surface area contributed by atoms with Gasteiger partial charge in [0.05, 0.1) is 11.1 Å². The van der Waals surface area contributed by atoms with E-state index in [1.54, 1.807) is 50.2 Å². The highest BCUT2D eigenvalue weighted by atomic mass is 19.1. The number of aromatic hydroxyl groups is 4. The maximum Gasteiger partial charge on any atom is 0.163 e. The van der Waals surface area contributed by atoms with Gasteiger partial charge in [-0.25, -0.2) is 4.39 Å². The molecule has 0 atom stereocenters. The number of carbonyl (C=O) groups excluding carboxylic acids is 2. The Morgan fingerprint density at radius 2 is 1.26 bits per heavy atom. The van der Waals surface area contributed by atoms with Crippen molar-refractivity contribution in [1.82, 2.24) is 4.98 Å². The third-order valence-electron chi connectivity index (χ3n) is 7.77. The number of carbonyl (C=O) groups is 2. The van der Waals surface area contributed by atoms with Crippen LogP contribution >= 0.6 is 0 Å². The van der Waals surface area contributed by atoms with Crippen LogP contribution in [0.5, 0.6) is 23.0 Å². The molecule has 5 N–H and O–H groups in total. The Morgan fingerprint density at radius 3 is 1.81 bits per heavy atom. The second-order valence-electron chi connectivity index (χ2n) is 10.6. The lowest BCUT2D eigenvalue weighted by atomic mass is 9.91. The van der Waals surface area contributed by atoms with Crippen molar-refractivity contribution < 1.29 is 34.4 Å². The highest BCUT2D eigenvalue weighted by Crippen LogP contribution is 2.41. The van der Waals surface area contributed by atoms with Gasteiger partial charge in [0.25, 0.3) is 0 Å². The van der Waals surface area contributed by atoms with Crippen LogP contribution in [0.25, 0.3) is 22.0 Å². The molecule has 1 aromatic heterocycles. The van der Waals surface area contributed by atoms with Crippen LogP contribution in [0.4, 0.5) is 4.39 Å². The smallest absolute Gasteiger partial charge is 0.163 e. The lowest BCUT2D eigenvalue weighted by Gasteiger charge is -2.16. The zero-order valence-corrected chi connectivity index (χ0v) is 23.6. The van der Waals surface area contributed by atoms with Crippen LogP contribution in [0, 0.1) is 19.7 Å². The molecule has 0 unspecified atom stereocenters. The normalized spacial score (nSPS) is 11.3. The summed E-state index contributed by atoms with van der Waals surface area (Å²) in [6.45, 7) is 5.90. The van der Waals surface area contributed by atoms with Crippen molar-refractivity contribution >= 4 is 22.5 Å². The van der Waals surface area contributed by atoms with E-state index in [1.165, 1.54) is 32.0 Å². The Morgan fingerprint density at radius 1 is 0.714 bits per heavy atom. The molecule has 5 aromatic rings. The Bertz CT molecular complexity index is 1920. The maximum atomic E-state index is 14.7. The first kappa shape index (κ1) is 28.4. The molecule has 0 radical (unpaired) electrons. The van der Waals surface area contributed by atoms with Crippen molar-refractivity contribution in [2.45, 2.75) is 40.5 Å². The number of rotatable bonds is 7. The minimum Gasteiger partial charge on any atom is -0.507 e. The van der Waals surface area contributed by atoms with Crippen molar-refractivity contribution in [1.29, 1.82) is 0 Å². The molecule has 42 heavy (non-hydrogen) atoms. The number of benzene rings is 4. The van der Waals surface area contributed by atoms with Crippen molar-refractivity contribution in [3.05, 3.63) is 105 Å². The number of phenols is 4. The Balaban J connectivity index is 1.77. The van der Waals surface area contributed by atoms with Crippen molar-refractivity contribution in [2.75, 3.05) is 0 Å². The molecule has 0 bridgehead atoms. The maximum absolute atomic E-state index is 14.7. The second kappa shape index (κ2) is 10.7. The SMILES string of the molecule is CC(=O)c1cc(C)c(O)c(Cc2[nH]c3ccc(-c4ccccc4F)cc3c2Cc2c(O)c(C)cc(C(C)=O)c2O)c1O. The zero-order valence-electron chi connectivity index (χ0n) is 23.6. The third-order valence-corrected chi connectivity index (χ3v) is 7.77. The van der Waals surface area contributed by atoms with Crippen molar-refractivity contribution in [3.8, 4) is 34.1 Å². The molecule has 5 rings (SSSR count). The molecule has 0 aliphatic rings. The first-order valence-electron chi connectivity index (χ1n) is 13.4. The minimum atomic E-state index is -0.402. The van der Waals surface area contributed by atoms with Crippen LogP contribution in [0.3, 0.4) is 0 Å². The van der Waals surface area contributed by atoms with E-state index in [1.807, 2.05) is 0 Å². The van der Waals surface area contributed by atoms with Gasteiger partial charge in [-0.2, -0.15) is 0 Å². The van der Waals surface area contributed by atoms with Gasteiger partial charge in [0, 0.05) is 46.1 Å². The van der Waals surface area contributed by atoms with E-state index in [-0.39, 0.29) is 69.7 Å². The van der Waals surface area contributed by atoms with E-state index in [0.29, 0.717) is 44.4 Å². The van der Waals surface area contributed by atoms with Crippen LogP contribution < -0.4 is 0 Å². The Hall–Kier alpha value is -5.11. The van der Waals surface area contributed by atoms with Crippen LogP contribution in [0.1, 0.15) is 68.1 Å². The number of nitrogens with one attached hydrogen (secondary N) is 1. The van der Waals surface area contributed by atoms with Crippen LogP contribution in [-0.4, -0.2) is 37.0 Å². The van der Waals surface area contributed by atoms with Gasteiger partial charge < -0.3 is 25.4 Å². The standard InChI is InChI=1S/C34H30FNO6/c1-16-11-22(18(3)37)33(41)26(31(16)39)14-25-24-13-20(21-7-5-6-8-28(21)35)9-10-29(24)36-30(25)15-27-32(40)17(2)12-23(19(4)38)34(27)42/h5-13,36,39-42H,14-15H2,1-4H3. The average Bonchev–Trinajstić information content (AvgIpc) is 3.28. The van der Waals surface area contributed by atoms with Gasteiger partial charge in [-0.3, -0.25) is 9.59 Å². The number of aryl methyl sites for hydroxylation is 2. The van der Waals surface area contributed by atoms with Gasteiger partial charge in [0.15, 0.2) is 11.6 Å². The fraction of sp³-hybridized carbons (Fsp3) is 0.176. The molecule has 8 heteroatoms. The number of aromatic nitrogens is 1. The number of hydrogen-bond acceptors (Lipinski definition) is 6. The second-order valence-corrected chi connectivity index (χ2v) is 10.6. The summed E-state index contributed by atoms with van der Waals surface area (Å²) in [6, 6.07) is 14.5. The van der Waals surface area contributed by atoms with Crippen LogP contribution in [-0.2, 0) is 12.8 Å². The van der Waals surface area contributed by atoms with E-state index < -0.39 is 5.82 Å². The minimum absolute atomic E-state index is 0.0361. The fourth-order valence-corrected chi connectivity index (χ4v) is 5.48. The molecule has 0 fully saturated rings. The molecule has 0 saturated heterocycles. The first-order chi connectivity index (χ1) is 19.9. The summed E-state index contributed by atoms with van der Waals surface area (Å²) in [5, 5.41) is 44.6. The predicted molar refractivity (Wildman–Crippen MR) is 158 cm³/mol. The molecule has 0 saturated carbocycles. The van der Waals surface area contributed by atoms with Crippen molar-refractivity contribution in [2.24, 2.45) is 0 Å². The highest BCUT2D eigenvalue weighted by molar-refractivity contribution is 5.99. The summed E-state index contributed by atoms with van der Waals surface area (Å²) in [5.74, 6) is -2.18. The summed E-state index contributed by atoms with van der Waals surface area (Å²) in [5.41, 5.74) is 3.93. The number of hydrogen-bond donors (Lipinski definition) is 5. The summed E-state index contributed by atoms with van der Waals surface area (Å²) in [6.07, 6.45) is -0.0752. The molecular formula is C34H30FNO6. The van der Waals surface area contributed by atoms with E-state index in [0.717, 1.165) is 0 Å². The van der Waals surface area contributed by atoms with E-state index in [4.69, 9.17) is 0 Å². The van der Waals surface area contributed by atoms with Gasteiger partial charge in [-0.15, -0.1) is 0 Å². The molecule has 1 heterocycles. The number of ketones is 2. The quantitative estimate of drug-likeness (QED) is 0.135. The summed E-state index contributed by atoms with van der Waals surface area (Å²) < 4.78 is 14.7. The number of aromatic amines is 1. The largest absolute Gasteiger partial charge is 0.507 e. The molecule has 0 aliphatic heterocycles. The molecule has 4 aromatic carbocycles. The van der Waals surface area contributed by atoms with Gasteiger partial charge in [-0.05, 0) is 80.3 Å². The number of H-pyrrole nitrogens is 1. The van der Waals surface area contributed by atoms with Gasteiger partial charge in [-0.1, -0.05) is 24.3 Å². The van der Waals surface area contributed by atoms with Crippen LogP contribution in [0.15, 0.2) is 54.6 Å². The van der Waals surface area contributed by atoms with E-state index in [2.05, 4.69) is 4.98 Å². The number of Topliss-reactive ketones (excluding diaryl/α,β-unsaturated/α-hetero) is 2. The summed E-state index contributed by atoms with van der Waals surface area (Å²) >= 11 is 0. The van der Waals surface area contributed by atoms with Gasteiger partial charge in [0.1, 0.15) is 28.8 Å². The molecule has 0 aliphatic carbocycles. The first-order valence-corrected chi connectivity index (χ1v) is 13.4.